The zero-order valence-electron chi connectivity index (χ0n) is 26.9. The lowest BCUT2D eigenvalue weighted by atomic mass is 9.94. The molecule has 1 unspecified atom stereocenters. The second-order valence-corrected chi connectivity index (χ2v) is 13.5. The molecule has 3 aromatic rings. The van der Waals surface area contributed by atoms with E-state index in [1.54, 1.807) is 17.9 Å². The van der Waals surface area contributed by atoms with Crippen LogP contribution in [0.5, 0.6) is 0 Å². The summed E-state index contributed by atoms with van der Waals surface area (Å²) in [7, 11) is 0. The number of nitrogens with two attached hydrogens (primary N) is 1. The fraction of sp³-hybridized carbons (Fsp3) is 0.353. The molecule has 0 aliphatic carbocycles. The van der Waals surface area contributed by atoms with Crippen LogP contribution < -0.4 is 21.5 Å². The molecule has 0 spiro atoms. The Hall–Kier alpha value is -4.04. The van der Waals surface area contributed by atoms with Crippen LogP contribution in [0.15, 0.2) is 41.4 Å². The molecule has 2 aromatic heterocycles. The van der Waals surface area contributed by atoms with Gasteiger partial charge in [0, 0.05) is 36.1 Å². The number of anilines is 2. The Labute approximate surface area is 287 Å². The van der Waals surface area contributed by atoms with Gasteiger partial charge in [0.2, 0.25) is 5.91 Å². The molecule has 1 fully saturated rings. The summed E-state index contributed by atoms with van der Waals surface area (Å²) in [4.78, 5) is 36.0. The molecule has 3 N–H and O–H groups in total. The van der Waals surface area contributed by atoms with E-state index in [1.165, 1.54) is 10.6 Å². The van der Waals surface area contributed by atoms with Crippen LogP contribution in [-0.2, 0) is 4.79 Å². The van der Waals surface area contributed by atoms with E-state index in [0.717, 1.165) is 5.57 Å². The number of fused-ring (bicyclic) bond motifs is 1. The molecule has 1 amide bonds. The number of dihydropyridines is 1. The van der Waals surface area contributed by atoms with Crippen LogP contribution in [0.4, 0.5) is 15.8 Å². The van der Waals surface area contributed by atoms with E-state index < -0.39 is 11.4 Å². The molecule has 4 heterocycles. The van der Waals surface area contributed by atoms with Crippen LogP contribution in [-0.4, -0.2) is 51.6 Å². The third kappa shape index (κ3) is 5.54. The normalized spacial score (nSPS) is 19.7. The Morgan fingerprint density at radius 2 is 1.85 bits per heavy atom. The van der Waals surface area contributed by atoms with E-state index in [0.29, 0.717) is 29.9 Å². The smallest absolute Gasteiger partial charge is 0.276 e. The molecule has 1 aromatic carbocycles. The van der Waals surface area contributed by atoms with Crippen molar-refractivity contribution < 1.29 is 9.18 Å². The van der Waals surface area contributed by atoms with E-state index in [9.17, 15) is 19.2 Å². The molecule has 246 valence electrons. The van der Waals surface area contributed by atoms with Crippen molar-refractivity contribution in [1.29, 1.82) is 5.26 Å². The average molecular weight is 699 g/mol. The molecular weight excluding hydrogens is 664 g/mol. The highest BCUT2D eigenvalue weighted by molar-refractivity contribution is 6.39. The molecule has 2 aliphatic rings. The summed E-state index contributed by atoms with van der Waals surface area (Å²) >= 11 is 19.6. The predicted molar refractivity (Wildman–Crippen MR) is 188 cm³/mol. The Morgan fingerprint density at radius 3 is 2.43 bits per heavy atom. The number of hydrogen-bond donors (Lipinski definition) is 2. The van der Waals surface area contributed by atoms with Gasteiger partial charge in [-0.2, -0.15) is 5.26 Å². The van der Waals surface area contributed by atoms with E-state index in [-0.39, 0.29) is 78.7 Å². The Balaban J connectivity index is 1.92. The molecule has 0 radical (unpaired) electrons. The number of nitrogens with zero attached hydrogens (tertiary/aromatic N) is 5. The lowest BCUT2D eigenvalue weighted by Crippen LogP contribution is -2.58. The van der Waals surface area contributed by atoms with Gasteiger partial charge in [0.05, 0.1) is 38.9 Å². The number of aromatic nitrogens is 2. The minimum absolute atomic E-state index is 0.0357. The van der Waals surface area contributed by atoms with Crippen molar-refractivity contribution in [2.75, 3.05) is 23.7 Å². The summed E-state index contributed by atoms with van der Waals surface area (Å²) in [6.45, 7) is 15.6. The number of hydrogen-bond acceptors (Lipinski definition) is 7. The first-order chi connectivity index (χ1) is 22.2. The van der Waals surface area contributed by atoms with Crippen molar-refractivity contribution in [3.05, 3.63) is 78.9 Å². The first-order valence-electron chi connectivity index (χ1n) is 15.1. The molecule has 0 saturated carbocycles. The molecule has 2 aliphatic heterocycles. The third-order valence-electron chi connectivity index (χ3n) is 8.90. The molecule has 3 atom stereocenters. The Bertz CT molecular complexity index is 1970. The van der Waals surface area contributed by atoms with Crippen LogP contribution in [0.1, 0.15) is 45.7 Å². The number of piperazine rings is 1. The van der Waals surface area contributed by atoms with Crippen LogP contribution in [0.25, 0.3) is 28.0 Å². The summed E-state index contributed by atoms with van der Waals surface area (Å²) in [6, 6.07) is 2.95. The molecule has 0 bridgehead atoms. The third-order valence-corrected chi connectivity index (χ3v) is 10.0. The summed E-state index contributed by atoms with van der Waals surface area (Å²) in [6.07, 6.45) is 4.95. The number of carbonyl (C=O) groups is 1. The van der Waals surface area contributed by atoms with Gasteiger partial charge >= 0.3 is 0 Å². The maximum absolute atomic E-state index is 14.8. The summed E-state index contributed by atoms with van der Waals surface area (Å²) in [5, 5.41) is 13.9. The predicted octanol–water partition coefficient (Wildman–Crippen LogP) is 6.91. The number of rotatable bonds is 5. The van der Waals surface area contributed by atoms with E-state index in [2.05, 4.69) is 18.0 Å². The van der Waals surface area contributed by atoms with Crippen molar-refractivity contribution in [2.24, 2.45) is 5.92 Å². The molecule has 5 rings (SSSR count). The average Bonchev–Trinajstić information content (AvgIpc) is 3.02. The lowest BCUT2D eigenvalue weighted by molar-refractivity contribution is -0.130. The fourth-order valence-corrected chi connectivity index (χ4v) is 7.43. The highest BCUT2D eigenvalue weighted by Gasteiger charge is 2.36. The first-order valence-corrected chi connectivity index (χ1v) is 16.2. The van der Waals surface area contributed by atoms with Crippen molar-refractivity contribution in [1.82, 2.24) is 19.8 Å². The van der Waals surface area contributed by atoms with Gasteiger partial charge in [-0.25, -0.2) is 9.37 Å². The number of halogens is 4. The summed E-state index contributed by atoms with van der Waals surface area (Å²) in [5.41, 5.74) is 8.19. The van der Waals surface area contributed by atoms with Crippen molar-refractivity contribution in [2.45, 2.75) is 59.7 Å². The minimum Gasteiger partial charge on any atom is -0.397 e. The maximum Gasteiger partial charge on any atom is 0.276 e. The van der Waals surface area contributed by atoms with Gasteiger partial charge in [-0.1, -0.05) is 55.2 Å². The van der Waals surface area contributed by atoms with Crippen LogP contribution in [0, 0.1) is 30.0 Å². The number of nitrogens with one attached hydrogen (secondary N) is 1. The first kappa shape index (κ1) is 34.3. The highest BCUT2D eigenvalue weighted by Crippen LogP contribution is 2.45. The van der Waals surface area contributed by atoms with Gasteiger partial charge in [-0.3, -0.25) is 14.2 Å². The lowest BCUT2D eigenvalue weighted by Gasteiger charge is -2.45. The number of nitriles is 1. The van der Waals surface area contributed by atoms with Crippen molar-refractivity contribution in [3.63, 3.8) is 0 Å². The van der Waals surface area contributed by atoms with E-state index in [4.69, 9.17) is 45.5 Å². The minimum atomic E-state index is -0.861. The van der Waals surface area contributed by atoms with Gasteiger partial charge in [-0.15, -0.1) is 0 Å². The summed E-state index contributed by atoms with van der Waals surface area (Å²) in [5.74, 6) is -1.03. The number of benzene rings is 1. The fourth-order valence-electron chi connectivity index (χ4n) is 6.76. The molecule has 13 heteroatoms. The molecule has 9 nitrogen and oxygen atoms in total. The SMILES string of the molecule is C=CC(=O)N1[C@H](C)CN(c2c(C#N)c(=O)n(C3=C(C)C=CNC3C(C)C)c3nc(-c4c(C)c(Cl)c(F)c(Cl)c4N)c(Cl)cc23)C[C@@H]1C. The zero-order valence-corrected chi connectivity index (χ0v) is 29.1. The Morgan fingerprint density at radius 1 is 1.21 bits per heavy atom. The monoisotopic (exact) mass is 697 g/mol. The number of carbonyl (C=O) groups excluding carboxylic acids is 1. The number of nitrogen functional groups attached to an aromatic ring is 1. The van der Waals surface area contributed by atoms with Crippen molar-refractivity contribution >= 4 is 68.8 Å². The van der Waals surface area contributed by atoms with E-state index in [1.807, 2.05) is 51.8 Å². The summed E-state index contributed by atoms with van der Waals surface area (Å²) < 4.78 is 16.3. The van der Waals surface area contributed by atoms with Crippen LogP contribution in [0.2, 0.25) is 15.1 Å². The molecule has 1 saturated heterocycles. The topological polar surface area (TPSA) is 120 Å². The largest absolute Gasteiger partial charge is 0.397 e. The second-order valence-electron chi connectivity index (χ2n) is 12.4. The maximum atomic E-state index is 14.8. The number of pyridine rings is 2. The van der Waals surface area contributed by atoms with Gasteiger partial charge in [0.15, 0.2) is 5.82 Å². The Kier molecular flexibility index (Phi) is 9.39. The van der Waals surface area contributed by atoms with Gasteiger partial charge in [-0.05, 0) is 69.2 Å². The van der Waals surface area contributed by atoms with Gasteiger partial charge < -0.3 is 20.9 Å². The number of amides is 1. The van der Waals surface area contributed by atoms with Gasteiger partial charge in [0.1, 0.15) is 22.3 Å². The number of allylic oxidation sites excluding steroid dienone is 2. The van der Waals surface area contributed by atoms with Crippen LogP contribution in [0.3, 0.4) is 0 Å². The zero-order chi connectivity index (χ0) is 34.6. The second kappa shape index (κ2) is 12.9. The quantitative estimate of drug-likeness (QED) is 0.169. The van der Waals surface area contributed by atoms with Gasteiger partial charge in [0.25, 0.3) is 5.56 Å². The molecule has 47 heavy (non-hydrogen) atoms. The standard InChI is InChI=1S/C34H35Cl3FN7O2/c1-8-23(46)44-17(5)13-43(14-18(44)6)32-20-11-22(35)30(24-19(7)25(36)27(38)26(37)28(24)40)42-33(20)45(34(47)21(32)12-39)31-16(4)9-10-41-29(31)15(2)3/h8-11,15,17-18,29,41H,1,13-14,40H2,2-7H3/t17-,18+,29?. The van der Waals surface area contributed by atoms with Crippen LogP contribution >= 0.6 is 34.8 Å². The van der Waals surface area contributed by atoms with Crippen molar-refractivity contribution in [3.8, 4) is 17.3 Å². The van der Waals surface area contributed by atoms with E-state index >= 15 is 0 Å². The molecular formula is C34H35Cl3FN7O2. The highest BCUT2D eigenvalue weighted by atomic mass is 35.5.